The highest BCUT2D eigenvalue weighted by Crippen LogP contribution is 2.25. The maximum atomic E-state index is 12.7. The lowest BCUT2D eigenvalue weighted by atomic mass is 9.84. The van der Waals surface area contributed by atoms with Gasteiger partial charge in [0, 0.05) is 28.2 Å². The second-order valence-electron chi connectivity index (χ2n) is 9.00. The molecule has 0 bridgehead atoms. The summed E-state index contributed by atoms with van der Waals surface area (Å²) in [5.41, 5.74) is 5.14. The Kier molecular flexibility index (Phi) is 9.83. The fourth-order valence-electron chi connectivity index (χ4n) is 4.33. The minimum absolute atomic E-state index is 0.241. The number of carboxylic acid groups (broad SMARTS) is 1. The summed E-state index contributed by atoms with van der Waals surface area (Å²) in [7, 11) is 0. The molecule has 2 amide bonds. The fourth-order valence-corrected chi connectivity index (χ4v) is 4.33. The number of amides is 2. The van der Waals surface area contributed by atoms with Crippen LogP contribution >= 0.6 is 0 Å². The van der Waals surface area contributed by atoms with Gasteiger partial charge in [0.25, 0.3) is 5.91 Å². The van der Waals surface area contributed by atoms with E-state index in [-0.39, 0.29) is 11.9 Å². The highest BCUT2D eigenvalue weighted by atomic mass is 19.4. The molecule has 12 heteroatoms. The standard InChI is InChI=1S/C25H27N3O4.C2HF3O2/c1-16-14-18(20-6-2-4-8-22(20)26-16)15-32-19-12-10-17(11-13-19)24(29)27-23-9-5-3-7-21(23)25(30)28-31;3-2(4,5)1(6)7/h2,4,6,8,10-14,21,23,31H,3,5,7,9,15H2,1H3,(H,27,29)(H,28,30);(H,6,7)/t21-,23+;/m1./s1. The number of hydroxylamine groups is 1. The molecule has 1 aliphatic rings. The predicted octanol–water partition coefficient (Wildman–Crippen LogP) is 4.55. The lowest BCUT2D eigenvalue weighted by Crippen LogP contribution is -2.47. The van der Waals surface area contributed by atoms with Crippen molar-refractivity contribution in [2.45, 2.75) is 51.4 Å². The number of aromatic nitrogens is 1. The molecular weight excluding hydrogens is 519 g/mol. The fraction of sp³-hybridized carbons (Fsp3) is 0.333. The molecule has 2 aromatic carbocycles. The van der Waals surface area contributed by atoms with Crippen LogP contribution in [0.2, 0.25) is 0 Å². The molecule has 2 atom stereocenters. The van der Waals surface area contributed by atoms with Crippen molar-refractivity contribution in [2.24, 2.45) is 5.92 Å². The molecule has 1 fully saturated rings. The second-order valence-corrected chi connectivity index (χ2v) is 9.00. The summed E-state index contributed by atoms with van der Waals surface area (Å²) in [5.74, 6) is -3.20. The van der Waals surface area contributed by atoms with E-state index in [1.807, 2.05) is 37.3 Å². The number of carboxylic acids is 1. The second kappa shape index (κ2) is 13.1. The van der Waals surface area contributed by atoms with E-state index in [1.165, 1.54) is 0 Å². The molecule has 0 aliphatic heterocycles. The maximum absolute atomic E-state index is 12.7. The number of carbonyl (C=O) groups excluding carboxylic acids is 2. The summed E-state index contributed by atoms with van der Waals surface area (Å²) in [6.45, 7) is 2.36. The molecule has 4 N–H and O–H groups in total. The Hall–Kier alpha value is -4.19. The molecule has 0 saturated heterocycles. The van der Waals surface area contributed by atoms with E-state index in [4.69, 9.17) is 19.8 Å². The third-order valence-electron chi connectivity index (χ3n) is 6.21. The van der Waals surface area contributed by atoms with Crippen molar-refractivity contribution in [2.75, 3.05) is 0 Å². The van der Waals surface area contributed by atoms with Crippen molar-refractivity contribution >= 4 is 28.7 Å². The zero-order valence-corrected chi connectivity index (χ0v) is 21.0. The Balaban J connectivity index is 0.000000532. The number of hydrogen-bond acceptors (Lipinski definition) is 6. The summed E-state index contributed by atoms with van der Waals surface area (Å²) in [5, 5.41) is 20.1. The van der Waals surface area contributed by atoms with Crippen molar-refractivity contribution in [1.29, 1.82) is 0 Å². The molecule has 1 aromatic heterocycles. The molecule has 0 radical (unpaired) electrons. The third kappa shape index (κ3) is 8.14. The number of benzene rings is 2. The minimum Gasteiger partial charge on any atom is -0.489 e. The van der Waals surface area contributed by atoms with Gasteiger partial charge < -0.3 is 15.2 Å². The molecule has 39 heavy (non-hydrogen) atoms. The van der Waals surface area contributed by atoms with Gasteiger partial charge in [-0.2, -0.15) is 13.2 Å². The highest BCUT2D eigenvalue weighted by Gasteiger charge is 2.38. The van der Waals surface area contributed by atoms with E-state index in [0.29, 0.717) is 30.8 Å². The van der Waals surface area contributed by atoms with Crippen LogP contribution in [0.1, 0.15) is 47.3 Å². The minimum atomic E-state index is -5.08. The van der Waals surface area contributed by atoms with Gasteiger partial charge in [-0.3, -0.25) is 19.8 Å². The molecule has 1 saturated carbocycles. The van der Waals surface area contributed by atoms with Crippen molar-refractivity contribution in [3.8, 4) is 5.75 Å². The van der Waals surface area contributed by atoms with Crippen molar-refractivity contribution in [3.05, 3.63) is 71.4 Å². The van der Waals surface area contributed by atoms with Crippen molar-refractivity contribution in [3.63, 3.8) is 0 Å². The molecule has 0 spiro atoms. The van der Waals surface area contributed by atoms with Gasteiger partial charge in [0.15, 0.2) is 0 Å². The Labute approximate surface area is 222 Å². The number of halogens is 3. The van der Waals surface area contributed by atoms with Crippen LogP contribution in [-0.4, -0.2) is 45.3 Å². The largest absolute Gasteiger partial charge is 0.490 e. The zero-order valence-electron chi connectivity index (χ0n) is 21.0. The number of aliphatic carboxylic acids is 1. The number of fused-ring (bicyclic) bond motifs is 1. The monoisotopic (exact) mass is 547 g/mol. The van der Waals surface area contributed by atoms with Crippen LogP contribution in [0.5, 0.6) is 5.75 Å². The Bertz CT molecular complexity index is 1310. The lowest BCUT2D eigenvalue weighted by Gasteiger charge is -2.30. The van der Waals surface area contributed by atoms with Crippen molar-refractivity contribution < 1.29 is 42.6 Å². The molecule has 1 heterocycles. The van der Waals surface area contributed by atoms with E-state index < -0.39 is 24.0 Å². The summed E-state index contributed by atoms with van der Waals surface area (Å²) in [6.07, 6.45) is -1.88. The summed E-state index contributed by atoms with van der Waals surface area (Å²) in [6, 6.07) is 16.7. The highest BCUT2D eigenvalue weighted by molar-refractivity contribution is 5.95. The number of carbonyl (C=O) groups is 3. The van der Waals surface area contributed by atoms with Gasteiger partial charge in [0.2, 0.25) is 5.91 Å². The molecule has 208 valence electrons. The Morgan fingerprint density at radius 3 is 2.33 bits per heavy atom. The van der Waals surface area contributed by atoms with Crippen LogP contribution in [0.3, 0.4) is 0 Å². The first-order chi connectivity index (χ1) is 18.5. The number of hydrogen-bond donors (Lipinski definition) is 4. The maximum Gasteiger partial charge on any atom is 0.490 e. The molecule has 3 aromatic rings. The van der Waals surface area contributed by atoms with Gasteiger partial charge in [0.1, 0.15) is 12.4 Å². The molecular formula is C27H28F3N3O6. The van der Waals surface area contributed by atoms with Crippen LogP contribution in [0.4, 0.5) is 13.2 Å². The number of alkyl halides is 3. The number of nitrogens with one attached hydrogen (secondary N) is 2. The van der Waals surface area contributed by atoms with Gasteiger partial charge in [-0.25, -0.2) is 10.3 Å². The van der Waals surface area contributed by atoms with E-state index in [9.17, 15) is 22.8 Å². The normalized spacial score (nSPS) is 16.9. The van der Waals surface area contributed by atoms with E-state index >= 15 is 0 Å². The molecule has 4 rings (SSSR count). The van der Waals surface area contributed by atoms with Crippen LogP contribution in [-0.2, 0) is 16.2 Å². The Morgan fingerprint density at radius 1 is 1.05 bits per heavy atom. The average Bonchev–Trinajstić information content (AvgIpc) is 2.91. The predicted molar refractivity (Wildman–Crippen MR) is 134 cm³/mol. The quantitative estimate of drug-likeness (QED) is 0.262. The summed E-state index contributed by atoms with van der Waals surface area (Å²) in [4.78, 5) is 38.0. The lowest BCUT2D eigenvalue weighted by molar-refractivity contribution is -0.192. The first kappa shape index (κ1) is 29.4. The first-order valence-electron chi connectivity index (χ1n) is 12.1. The van der Waals surface area contributed by atoms with Gasteiger partial charge in [-0.1, -0.05) is 31.0 Å². The number of ether oxygens (including phenoxy) is 1. The number of para-hydroxylation sites is 1. The van der Waals surface area contributed by atoms with Gasteiger partial charge >= 0.3 is 12.1 Å². The third-order valence-corrected chi connectivity index (χ3v) is 6.21. The van der Waals surface area contributed by atoms with Crippen molar-refractivity contribution in [1.82, 2.24) is 15.8 Å². The van der Waals surface area contributed by atoms with Crippen LogP contribution in [0.15, 0.2) is 54.6 Å². The zero-order chi connectivity index (χ0) is 28.6. The number of nitrogens with zero attached hydrogens (tertiary/aromatic N) is 1. The van der Waals surface area contributed by atoms with E-state index in [2.05, 4.69) is 10.3 Å². The molecule has 9 nitrogen and oxygen atoms in total. The summed E-state index contributed by atoms with van der Waals surface area (Å²) < 4.78 is 37.7. The number of pyridine rings is 1. The van der Waals surface area contributed by atoms with Gasteiger partial charge in [0.05, 0.1) is 11.4 Å². The van der Waals surface area contributed by atoms with Gasteiger partial charge in [-0.05, 0) is 56.2 Å². The van der Waals surface area contributed by atoms with Crippen LogP contribution in [0.25, 0.3) is 10.9 Å². The Morgan fingerprint density at radius 2 is 1.69 bits per heavy atom. The molecule has 1 aliphatic carbocycles. The first-order valence-corrected chi connectivity index (χ1v) is 12.1. The number of aryl methyl sites for hydroxylation is 1. The molecule has 0 unspecified atom stereocenters. The topological polar surface area (TPSA) is 138 Å². The van der Waals surface area contributed by atoms with Crippen LogP contribution < -0.4 is 15.5 Å². The average molecular weight is 548 g/mol. The van der Waals surface area contributed by atoms with Crippen LogP contribution in [0, 0.1) is 12.8 Å². The van der Waals surface area contributed by atoms with Gasteiger partial charge in [-0.15, -0.1) is 0 Å². The summed E-state index contributed by atoms with van der Waals surface area (Å²) >= 11 is 0. The smallest absolute Gasteiger partial charge is 0.489 e. The number of rotatable bonds is 6. The van der Waals surface area contributed by atoms with E-state index in [1.54, 1.807) is 29.7 Å². The SMILES string of the molecule is Cc1cc(COc2ccc(C(=O)N[C@H]3CCCC[C@H]3C(=O)NO)cc2)c2ccccc2n1.O=C(O)C(F)(F)F. The van der Waals surface area contributed by atoms with E-state index in [0.717, 1.165) is 35.0 Å².